The second kappa shape index (κ2) is 9.78. The number of nitrogens with one attached hydrogen (secondary N) is 2. The van der Waals surface area contributed by atoms with Gasteiger partial charge >= 0.3 is 0 Å². The summed E-state index contributed by atoms with van der Waals surface area (Å²) >= 11 is 3.13. The largest absolute Gasteiger partial charge is 0.481 e. The number of halogens is 2. The Labute approximate surface area is 184 Å². The van der Waals surface area contributed by atoms with Gasteiger partial charge in [-0.15, -0.1) is 0 Å². The molecule has 1 aliphatic carbocycles. The zero-order valence-electron chi connectivity index (χ0n) is 16.5. The minimum absolute atomic E-state index is 0.0449. The molecule has 0 bridgehead atoms. The summed E-state index contributed by atoms with van der Waals surface area (Å²) in [5.74, 6) is -0.508. The molecule has 3 rings (SSSR count). The molecule has 0 aliphatic heterocycles. The van der Waals surface area contributed by atoms with Gasteiger partial charge in [-0.05, 0) is 62.2 Å². The summed E-state index contributed by atoms with van der Waals surface area (Å²) in [7, 11) is -3.97. The molecule has 2 aromatic carbocycles. The van der Waals surface area contributed by atoms with Crippen molar-refractivity contribution in [3.05, 3.63) is 52.8 Å². The van der Waals surface area contributed by atoms with Crippen molar-refractivity contribution in [3.63, 3.8) is 0 Å². The van der Waals surface area contributed by atoms with Crippen molar-refractivity contribution < 1.29 is 22.3 Å². The smallest absolute Gasteiger partial charge is 0.261 e. The molecule has 2 aromatic rings. The van der Waals surface area contributed by atoms with E-state index in [1.807, 2.05) is 0 Å². The van der Waals surface area contributed by atoms with Gasteiger partial charge in [0.1, 0.15) is 11.6 Å². The van der Waals surface area contributed by atoms with Crippen LogP contribution in [-0.2, 0) is 14.8 Å². The normalized spacial score (nSPS) is 16.0. The molecule has 1 aliphatic rings. The number of ether oxygens (including phenoxy) is 1. The Hall–Kier alpha value is -2.13. The van der Waals surface area contributed by atoms with E-state index in [1.165, 1.54) is 48.9 Å². The zero-order chi connectivity index (χ0) is 21.7. The van der Waals surface area contributed by atoms with Crippen LogP contribution >= 0.6 is 15.9 Å². The summed E-state index contributed by atoms with van der Waals surface area (Å²) in [6.45, 7) is 1.65. The van der Waals surface area contributed by atoms with Crippen molar-refractivity contribution >= 4 is 37.5 Å². The third-order valence-corrected chi connectivity index (χ3v) is 6.82. The number of carbonyl (C=O) groups is 1. The van der Waals surface area contributed by atoms with Gasteiger partial charge in [0.15, 0.2) is 6.10 Å². The molecule has 1 amide bonds. The van der Waals surface area contributed by atoms with Crippen LogP contribution in [0.3, 0.4) is 0 Å². The van der Waals surface area contributed by atoms with Gasteiger partial charge in [0, 0.05) is 10.5 Å². The Balaban J connectivity index is 1.61. The third-order valence-electron chi connectivity index (χ3n) is 4.94. The van der Waals surface area contributed by atoms with E-state index in [0.717, 1.165) is 25.7 Å². The van der Waals surface area contributed by atoms with Gasteiger partial charge in [-0.1, -0.05) is 35.2 Å². The van der Waals surface area contributed by atoms with Crippen LogP contribution < -0.4 is 14.8 Å². The van der Waals surface area contributed by atoms with E-state index in [0.29, 0.717) is 10.2 Å². The Morgan fingerprint density at radius 3 is 2.43 bits per heavy atom. The average molecular weight is 499 g/mol. The number of benzene rings is 2. The molecule has 0 spiro atoms. The maximum Gasteiger partial charge on any atom is 0.261 e. The number of hydrogen-bond donors (Lipinski definition) is 2. The van der Waals surface area contributed by atoms with Gasteiger partial charge in [-0.3, -0.25) is 9.52 Å². The van der Waals surface area contributed by atoms with Gasteiger partial charge in [-0.25, -0.2) is 12.8 Å². The van der Waals surface area contributed by atoms with E-state index in [2.05, 4.69) is 26.0 Å². The van der Waals surface area contributed by atoms with Gasteiger partial charge in [-0.2, -0.15) is 0 Å². The van der Waals surface area contributed by atoms with Crippen LogP contribution in [-0.4, -0.2) is 26.5 Å². The predicted molar refractivity (Wildman–Crippen MR) is 116 cm³/mol. The highest BCUT2D eigenvalue weighted by Gasteiger charge is 2.21. The number of rotatable bonds is 7. The summed E-state index contributed by atoms with van der Waals surface area (Å²) in [6.07, 6.45) is 4.71. The minimum atomic E-state index is -3.97. The molecule has 6 nitrogen and oxygen atoms in total. The van der Waals surface area contributed by atoms with Crippen molar-refractivity contribution in [2.75, 3.05) is 4.72 Å². The molecule has 2 N–H and O–H groups in total. The van der Waals surface area contributed by atoms with E-state index in [4.69, 9.17) is 4.74 Å². The first-order chi connectivity index (χ1) is 14.2. The number of sulfonamides is 1. The summed E-state index contributed by atoms with van der Waals surface area (Å²) in [5.41, 5.74) is -0.147. The summed E-state index contributed by atoms with van der Waals surface area (Å²) in [4.78, 5) is 12.3. The first-order valence-electron chi connectivity index (χ1n) is 9.79. The van der Waals surface area contributed by atoms with Crippen molar-refractivity contribution in [1.82, 2.24) is 5.32 Å². The maximum atomic E-state index is 13.9. The van der Waals surface area contributed by atoms with E-state index in [-0.39, 0.29) is 22.5 Å². The van der Waals surface area contributed by atoms with Crippen LogP contribution in [0.1, 0.15) is 39.0 Å². The molecule has 0 saturated heterocycles. The Kier molecular flexibility index (Phi) is 7.36. The monoisotopic (exact) mass is 498 g/mol. The molecular formula is C21H24BrFN2O4S. The Morgan fingerprint density at radius 2 is 1.80 bits per heavy atom. The van der Waals surface area contributed by atoms with Gasteiger partial charge < -0.3 is 10.1 Å². The first kappa shape index (κ1) is 22.6. The van der Waals surface area contributed by atoms with Crippen molar-refractivity contribution in [2.24, 2.45) is 0 Å². The lowest BCUT2D eigenvalue weighted by molar-refractivity contribution is -0.128. The minimum Gasteiger partial charge on any atom is -0.481 e. The van der Waals surface area contributed by atoms with Crippen LogP contribution in [0.25, 0.3) is 0 Å². The summed E-state index contributed by atoms with van der Waals surface area (Å²) in [6, 6.07) is 9.87. The van der Waals surface area contributed by atoms with Crippen LogP contribution in [0.15, 0.2) is 51.8 Å². The van der Waals surface area contributed by atoms with Gasteiger partial charge in [0.05, 0.1) is 10.6 Å². The van der Waals surface area contributed by atoms with Crippen molar-refractivity contribution in [2.45, 2.75) is 56.1 Å². The molecule has 1 atom stereocenters. The molecule has 0 aromatic heterocycles. The molecule has 0 heterocycles. The number of hydrogen-bond acceptors (Lipinski definition) is 4. The van der Waals surface area contributed by atoms with Crippen LogP contribution in [0.4, 0.5) is 10.1 Å². The van der Waals surface area contributed by atoms with E-state index >= 15 is 0 Å². The summed E-state index contributed by atoms with van der Waals surface area (Å²) < 4.78 is 47.3. The highest BCUT2D eigenvalue weighted by molar-refractivity contribution is 9.10. The highest BCUT2D eigenvalue weighted by Crippen LogP contribution is 2.24. The van der Waals surface area contributed by atoms with E-state index in [1.54, 1.807) is 6.92 Å². The number of carbonyl (C=O) groups excluding carboxylic acids is 1. The van der Waals surface area contributed by atoms with Gasteiger partial charge in [0.2, 0.25) is 0 Å². The molecular weight excluding hydrogens is 475 g/mol. The lowest BCUT2D eigenvalue weighted by Gasteiger charge is -2.24. The first-order valence-corrected chi connectivity index (χ1v) is 12.1. The van der Waals surface area contributed by atoms with Crippen molar-refractivity contribution in [3.8, 4) is 5.75 Å². The number of anilines is 1. The third kappa shape index (κ3) is 5.95. The fourth-order valence-corrected chi connectivity index (χ4v) is 4.70. The van der Waals surface area contributed by atoms with Crippen LogP contribution in [0.2, 0.25) is 0 Å². The lowest BCUT2D eigenvalue weighted by atomic mass is 9.95. The molecule has 1 fully saturated rings. The molecule has 162 valence electrons. The predicted octanol–water partition coefficient (Wildman–Crippen LogP) is 4.61. The number of amides is 1. The molecule has 1 saturated carbocycles. The van der Waals surface area contributed by atoms with Crippen LogP contribution in [0, 0.1) is 5.82 Å². The Bertz CT molecular complexity index is 993. The second-order valence-corrected chi connectivity index (χ2v) is 9.90. The zero-order valence-corrected chi connectivity index (χ0v) is 18.9. The Morgan fingerprint density at radius 1 is 1.13 bits per heavy atom. The average Bonchev–Trinajstić information content (AvgIpc) is 2.71. The quantitative estimate of drug-likeness (QED) is 0.583. The summed E-state index contributed by atoms with van der Waals surface area (Å²) in [5, 5.41) is 3.00. The highest BCUT2D eigenvalue weighted by atomic mass is 79.9. The fraction of sp³-hybridized carbons (Fsp3) is 0.381. The molecule has 0 radical (unpaired) electrons. The maximum absolute atomic E-state index is 13.9. The van der Waals surface area contributed by atoms with E-state index in [9.17, 15) is 17.6 Å². The van der Waals surface area contributed by atoms with Gasteiger partial charge in [0.25, 0.3) is 15.9 Å². The molecule has 30 heavy (non-hydrogen) atoms. The SMILES string of the molecule is C[C@H](Oc1ccc(S(=O)(=O)Nc2ccc(Br)cc2F)cc1)C(=O)NC1CCCCC1. The standard InChI is InChI=1S/C21H24BrFN2O4S/c1-14(21(26)24-16-5-3-2-4-6-16)29-17-8-10-18(11-9-17)30(27,28)25-20-12-7-15(22)13-19(20)23/h7-14,16,25H,2-6H2,1H3,(H,24,26)/t14-/m0/s1. The van der Waals surface area contributed by atoms with E-state index < -0.39 is 21.9 Å². The molecule has 9 heteroatoms. The van der Waals surface area contributed by atoms with Crippen LogP contribution in [0.5, 0.6) is 5.75 Å². The van der Waals surface area contributed by atoms with Crippen molar-refractivity contribution in [1.29, 1.82) is 0 Å². The second-order valence-electron chi connectivity index (χ2n) is 7.30. The molecule has 0 unspecified atom stereocenters. The topological polar surface area (TPSA) is 84.5 Å². The fourth-order valence-electron chi connectivity index (χ4n) is 3.30. The lowest BCUT2D eigenvalue weighted by Crippen LogP contribution is -2.43.